The highest BCUT2D eigenvalue weighted by atomic mass is 32.2. The number of halogens is 6. The van der Waals surface area contributed by atoms with Crippen molar-refractivity contribution in [1.82, 2.24) is 9.62 Å². The van der Waals surface area contributed by atoms with Crippen LogP contribution in [0.5, 0.6) is 0 Å². The summed E-state index contributed by atoms with van der Waals surface area (Å²) in [7, 11) is -1.46. The molecule has 3 aromatic carbocycles. The van der Waals surface area contributed by atoms with Crippen molar-refractivity contribution in [3.63, 3.8) is 0 Å². The van der Waals surface area contributed by atoms with E-state index in [-0.39, 0.29) is 18.2 Å². The molecular formula is C24H22F6N2O2S. The lowest BCUT2D eigenvalue weighted by Gasteiger charge is -2.33. The minimum atomic E-state index is -5.18. The molecule has 0 heterocycles. The first-order valence-electron chi connectivity index (χ1n) is 10.3. The van der Waals surface area contributed by atoms with E-state index in [4.69, 9.17) is 0 Å². The van der Waals surface area contributed by atoms with Gasteiger partial charge in [0.1, 0.15) is 0 Å². The average molecular weight is 517 g/mol. The second kappa shape index (κ2) is 10.00. The van der Waals surface area contributed by atoms with Gasteiger partial charge in [-0.2, -0.15) is 26.3 Å². The molecule has 0 radical (unpaired) electrons. The van der Waals surface area contributed by atoms with Gasteiger partial charge in [-0.3, -0.25) is 0 Å². The number of likely N-dealkylation sites (N-methyl/N-ethyl adjacent to an activating group) is 1. The second-order valence-electron chi connectivity index (χ2n) is 8.07. The number of hydrogen-bond donors (Lipinski definition) is 1. The first-order valence-corrected chi connectivity index (χ1v) is 11.8. The van der Waals surface area contributed by atoms with Gasteiger partial charge in [0.25, 0.3) is 0 Å². The highest BCUT2D eigenvalue weighted by Crippen LogP contribution is 2.38. The molecule has 11 heteroatoms. The van der Waals surface area contributed by atoms with Crippen LogP contribution in [0.15, 0.2) is 83.8 Å². The van der Waals surface area contributed by atoms with E-state index >= 15 is 0 Å². The third kappa shape index (κ3) is 6.41. The summed E-state index contributed by atoms with van der Waals surface area (Å²) in [5, 5.41) is 0. The molecule has 0 aliphatic carbocycles. The first-order chi connectivity index (χ1) is 16.2. The Bertz CT molecular complexity index is 1210. The molecule has 0 bridgehead atoms. The van der Waals surface area contributed by atoms with Gasteiger partial charge < -0.3 is 4.90 Å². The maximum absolute atomic E-state index is 13.3. The van der Waals surface area contributed by atoms with Crippen LogP contribution in [0, 0.1) is 0 Å². The molecule has 2 atom stereocenters. The molecule has 0 aliphatic rings. The van der Waals surface area contributed by atoms with E-state index < -0.39 is 50.5 Å². The lowest BCUT2D eigenvalue weighted by atomic mass is 9.93. The van der Waals surface area contributed by atoms with Crippen molar-refractivity contribution in [2.24, 2.45) is 0 Å². The number of hydrogen-bond acceptors (Lipinski definition) is 3. The second-order valence-corrected chi connectivity index (χ2v) is 9.78. The van der Waals surface area contributed by atoms with Crippen LogP contribution in [0.25, 0.3) is 0 Å². The number of alkyl halides is 6. The zero-order chi connectivity index (χ0) is 26.0. The van der Waals surface area contributed by atoms with E-state index in [0.717, 1.165) is 0 Å². The standard InChI is InChI=1S/C24H22F6N2O2S/c1-32(2)22(17-11-7-4-8-12-17)21(16-9-5-3-6-10-16)31-35(33,34)20-14-18(23(25,26)27)13-19(15-20)24(28,29)30/h3-15,21-22,31H,1-2H3/t21-,22-/m1/s1. The van der Waals surface area contributed by atoms with Crippen molar-refractivity contribution in [1.29, 1.82) is 0 Å². The maximum atomic E-state index is 13.3. The van der Waals surface area contributed by atoms with Crippen molar-refractivity contribution in [3.8, 4) is 0 Å². The molecule has 0 spiro atoms. The zero-order valence-corrected chi connectivity index (χ0v) is 19.4. The zero-order valence-electron chi connectivity index (χ0n) is 18.6. The minimum Gasteiger partial charge on any atom is -0.301 e. The fourth-order valence-corrected chi connectivity index (χ4v) is 5.03. The van der Waals surface area contributed by atoms with Crippen molar-refractivity contribution in [3.05, 3.63) is 101 Å². The molecule has 0 aliphatic heterocycles. The Morgan fingerprint density at radius 3 is 1.54 bits per heavy atom. The van der Waals surface area contributed by atoms with Gasteiger partial charge in [-0.25, -0.2) is 13.1 Å². The van der Waals surface area contributed by atoms with Crippen molar-refractivity contribution in [2.45, 2.75) is 29.3 Å². The Morgan fingerprint density at radius 1 is 0.714 bits per heavy atom. The van der Waals surface area contributed by atoms with E-state index in [2.05, 4.69) is 4.72 Å². The SMILES string of the molecule is CN(C)[C@H](c1ccccc1)[C@H](NS(=O)(=O)c1cc(C(F)(F)F)cc(C(F)(F)F)c1)c1ccccc1. The summed E-state index contributed by atoms with van der Waals surface area (Å²) in [6, 6.07) is 15.6. The van der Waals surface area contributed by atoms with E-state index in [1.165, 1.54) is 0 Å². The van der Waals surface area contributed by atoms with Gasteiger partial charge >= 0.3 is 12.4 Å². The van der Waals surface area contributed by atoms with E-state index in [1.54, 1.807) is 79.7 Å². The third-order valence-corrected chi connectivity index (χ3v) is 6.75. The van der Waals surface area contributed by atoms with Crippen LogP contribution in [0.2, 0.25) is 0 Å². The van der Waals surface area contributed by atoms with Gasteiger partial charge in [-0.1, -0.05) is 60.7 Å². The third-order valence-electron chi connectivity index (χ3n) is 5.33. The lowest BCUT2D eigenvalue weighted by Crippen LogP contribution is -2.38. The Kier molecular flexibility index (Phi) is 7.63. The van der Waals surface area contributed by atoms with Gasteiger partial charge in [-0.15, -0.1) is 0 Å². The molecule has 0 saturated carbocycles. The average Bonchev–Trinajstić information content (AvgIpc) is 2.78. The van der Waals surface area contributed by atoms with Crippen molar-refractivity contribution in [2.75, 3.05) is 14.1 Å². The summed E-state index contributed by atoms with van der Waals surface area (Å²) < 4.78 is 109. The van der Waals surface area contributed by atoms with Crippen LogP contribution in [-0.2, 0) is 22.4 Å². The maximum Gasteiger partial charge on any atom is 0.416 e. The molecule has 3 rings (SSSR count). The predicted molar refractivity (Wildman–Crippen MR) is 119 cm³/mol. The Labute approximate surface area is 199 Å². The molecule has 0 aromatic heterocycles. The smallest absolute Gasteiger partial charge is 0.301 e. The fourth-order valence-electron chi connectivity index (χ4n) is 3.73. The predicted octanol–water partition coefficient (Wildman–Crippen LogP) is 6.05. The molecule has 188 valence electrons. The number of sulfonamides is 1. The Balaban J connectivity index is 2.16. The van der Waals surface area contributed by atoms with Crippen LogP contribution < -0.4 is 4.72 Å². The van der Waals surface area contributed by atoms with Crippen LogP contribution in [0.4, 0.5) is 26.3 Å². The van der Waals surface area contributed by atoms with Gasteiger partial charge in [0.2, 0.25) is 10.0 Å². The molecule has 0 amide bonds. The van der Waals surface area contributed by atoms with E-state index in [1.807, 2.05) is 0 Å². The molecule has 4 nitrogen and oxygen atoms in total. The normalized spacial score (nSPS) is 14.7. The summed E-state index contributed by atoms with van der Waals surface area (Å²) in [6.45, 7) is 0. The van der Waals surface area contributed by atoms with E-state index in [9.17, 15) is 34.8 Å². The summed E-state index contributed by atoms with van der Waals surface area (Å²) in [4.78, 5) is 0.578. The van der Waals surface area contributed by atoms with Gasteiger partial charge in [0.05, 0.1) is 28.1 Å². The number of benzene rings is 3. The summed E-state index contributed by atoms with van der Waals surface area (Å²) in [5.74, 6) is 0. The summed E-state index contributed by atoms with van der Waals surface area (Å²) in [6.07, 6.45) is -10.4. The van der Waals surface area contributed by atoms with Crippen molar-refractivity contribution >= 4 is 10.0 Å². The highest BCUT2D eigenvalue weighted by molar-refractivity contribution is 7.89. The van der Waals surface area contributed by atoms with Gasteiger partial charge in [0.15, 0.2) is 0 Å². The highest BCUT2D eigenvalue weighted by Gasteiger charge is 2.39. The van der Waals surface area contributed by atoms with Crippen molar-refractivity contribution < 1.29 is 34.8 Å². The minimum absolute atomic E-state index is 0.111. The molecule has 35 heavy (non-hydrogen) atoms. The number of nitrogens with one attached hydrogen (secondary N) is 1. The largest absolute Gasteiger partial charge is 0.416 e. The molecule has 1 N–H and O–H groups in total. The van der Waals surface area contributed by atoms with Gasteiger partial charge in [-0.05, 0) is 43.4 Å². The monoisotopic (exact) mass is 516 g/mol. The molecule has 0 saturated heterocycles. The quantitative estimate of drug-likeness (QED) is 0.389. The Hall–Kier alpha value is -2.89. The van der Waals surface area contributed by atoms with Crippen LogP contribution in [0.3, 0.4) is 0 Å². The summed E-state index contributed by atoms with van der Waals surface area (Å²) in [5.41, 5.74) is -2.26. The molecule has 0 fully saturated rings. The van der Waals surface area contributed by atoms with E-state index in [0.29, 0.717) is 11.1 Å². The van der Waals surface area contributed by atoms with Crippen LogP contribution in [0.1, 0.15) is 34.3 Å². The van der Waals surface area contributed by atoms with Gasteiger partial charge in [0, 0.05) is 0 Å². The molecule has 0 unspecified atom stereocenters. The number of rotatable bonds is 7. The topological polar surface area (TPSA) is 49.4 Å². The first kappa shape index (κ1) is 26.7. The van der Waals surface area contributed by atoms with Crippen LogP contribution in [-0.4, -0.2) is 27.4 Å². The summed E-state index contributed by atoms with van der Waals surface area (Å²) >= 11 is 0. The molecule has 3 aromatic rings. The lowest BCUT2D eigenvalue weighted by molar-refractivity contribution is -0.143. The fraction of sp³-hybridized carbons (Fsp3) is 0.250. The molecular weight excluding hydrogens is 494 g/mol. The number of nitrogens with zero attached hydrogens (tertiary/aromatic N) is 1. The Morgan fingerprint density at radius 2 is 1.14 bits per heavy atom. The van der Waals surface area contributed by atoms with Crippen LogP contribution >= 0.6 is 0 Å².